The van der Waals surface area contributed by atoms with Gasteiger partial charge in [-0.05, 0) is 17.9 Å². The largest absolute Gasteiger partial charge is 0.348 e. The summed E-state index contributed by atoms with van der Waals surface area (Å²) in [4.78, 5) is 29.0. The Bertz CT molecular complexity index is 844. The summed E-state index contributed by atoms with van der Waals surface area (Å²) in [7, 11) is 0. The first-order valence-electron chi connectivity index (χ1n) is 8.39. The molecule has 7 heteroatoms. The Morgan fingerprint density at radius 2 is 1.85 bits per heavy atom. The summed E-state index contributed by atoms with van der Waals surface area (Å²) in [5, 5.41) is 7.20. The number of nitrogens with one attached hydrogen (secondary N) is 2. The van der Waals surface area contributed by atoms with Gasteiger partial charge in [0, 0.05) is 35.9 Å². The molecule has 0 aliphatic heterocycles. The van der Waals surface area contributed by atoms with Crippen LogP contribution in [0.4, 0.5) is 0 Å². The maximum Gasteiger partial charge on any atom is 0.309 e. The maximum atomic E-state index is 11.8. The van der Waals surface area contributed by atoms with Crippen LogP contribution >= 0.6 is 11.3 Å². The fourth-order valence-corrected chi connectivity index (χ4v) is 3.17. The van der Waals surface area contributed by atoms with Crippen LogP contribution in [0.5, 0.6) is 0 Å². The zero-order chi connectivity index (χ0) is 18.2. The monoisotopic (exact) mass is 368 g/mol. The Labute approximate surface area is 155 Å². The molecule has 0 saturated carbocycles. The third-order valence-corrected chi connectivity index (χ3v) is 4.69. The number of benzene rings is 1. The van der Waals surface area contributed by atoms with Crippen LogP contribution in [0.3, 0.4) is 0 Å². The first-order chi connectivity index (χ1) is 12.7. The Balaban J connectivity index is 1.41. The number of carbonyl (C=O) groups excluding carboxylic acids is 2. The van der Waals surface area contributed by atoms with Crippen LogP contribution in [0.15, 0.2) is 60.2 Å². The van der Waals surface area contributed by atoms with Crippen molar-refractivity contribution in [2.24, 2.45) is 0 Å². The Morgan fingerprint density at radius 1 is 1.04 bits per heavy atom. The van der Waals surface area contributed by atoms with E-state index in [1.165, 1.54) is 0 Å². The molecule has 2 heterocycles. The number of aromatic nitrogens is 2. The van der Waals surface area contributed by atoms with Crippen molar-refractivity contribution in [2.45, 2.75) is 19.5 Å². The van der Waals surface area contributed by atoms with Crippen molar-refractivity contribution < 1.29 is 9.59 Å². The standard InChI is InChI=1S/C19H20N4O2S/c24-18(19(25)22-14-16-8-4-13-26-16)21-9-5-11-23-12-10-20-17(23)15-6-2-1-3-7-15/h1-4,6-8,10,12-13H,5,9,11,14H2,(H,21,24)(H,22,25). The highest BCUT2D eigenvalue weighted by atomic mass is 32.1. The molecule has 0 unspecified atom stereocenters. The van der Waals surface area contributed by atoms with Crippen molar-refractivity contribution in [3.8, 4) is 11.4 Å². The summed E-state index contributed by atoms with van der Waals surface area (Å²) in [6.45, 7) is 1.51. The normalized spacial score (nSPS) is 10.5. The molecule has 134 valence electrons. The minimum absolute atomic E-state index is 0.374. The minimum Gasteiger partial charge on any atom is -0.348 e. The molecule has 2 amide bonds. The third-order valence-electron chi connectivity index (χ3n) is 3.82. The molecule has 0 aliphatic carbocycles. The first kappa shape index (κ1) is 17.9. The molecule has 0 radical (unpaired) electrons. The zero-order valence-corrected chi connectivity index (χ0v) is 15.0. The lowest BCUT2D eigenvalue weighted by Gasteiger charge is -2.09. The second-order valence-corrected chi connectivity index (χ2v) is 6.71. The van der Waals surface area contributed by atoms with E-state index < -0.39 is 11.8 Å². The van der Waals surface area contributed by atoms with Crippen molar-refractivity contribution in [1.29, 1.82) is 0 Å². The number of amides is 2. The molecule has 0 bridgehead atoms. The fraction of sp³-hybridized carbons (Fsp3) is 0.211. The number of hydrogen-bond donors (Lipinski definition) is 2. The molecule has 2 aromatic heterocycles. The molecular weight excluding hydrogens is 348 g/mol. The number of imidazole rings is 1. The van der Waals surface area contributed by atoms with E-state index in [0.717, 1.165) is 16.3 Å². The average molecular weight is 368 g/mol. The topological polar surface area (TPSA) is 76.0 Å². The molecule has 0 atom stereocenters. The number of aryl methyl sites for hydroxylation is 1. The molecule has 0 spiro atoms. The molecule has 26 heavy (non-hydrogen) atoms. The molecule has 0 fully saturated rings. The molecule has 3 rings (SSSR count). The van der Waals surface area contributed by atoms with Gasteiger partial charge < -0.3 is 15.2 Å². The summed E-state index contributed by atoms with van der Waals surface area (Å²) in [6, 6.07) is 13.8. The van der Waals surface area contributed by atoms with Crippen LogP contribution in [0.2, 0.25) is 0 Å². The number of rotatable bonds is 7. The molecule has 3 aromatic rings. The van der Waals surface area contributed by atoms with Crippen molar-refractivity contribution in [2.75, 3.05) is 6.54 Å². The van der Waals surface area contributed by atoms with Gasteiger partial charge >= 0.3 is 11.8 Å². The summed E-state index contributed by atoms with van der Waals surface area (Å²) in [5.74, 6) is -0.313. The van der Waals surface area contributed by atoms with E-state index in [2.05, 4.69) is 15.6 Å². The molecule has 1 aromatic carbocycles. The smallest absolute Gasteiger partial charge is 0.309 e. The van der Waals surface area contributed by atoms with Crippen LogP contribution in [0.25, 0.3) is 11.4 Å². The van der Waals surface area contributed by atoms with Gasteiger partial charge in [0.25, 0.3) is 0 Å². The summed E-state index contributed by atoms with van der Waals surface area (Å²) < 4.78 is 2.04. The number of hydrogen-bond acceptors (Lipinski definition) is 4. The summed E-state index contributed by atoms with van der Waals surface area (Å²) in [5.41, 5.74) is 1.05. The predicted octanol–water partition coefficient (Wildman–Crippen LogP) is 2.43. The second kappa shape index (κ2) is 8.96. The third kappa shape index (κ3) is 4.80. The fourth-order valence-electron chi connectivity index (χ4n) is 2.53. The predicted molar refractivity (Wildman–Crippen MR) is 101 cm³/mol. The van der Waals surface area contributed by atoms with Gasteiger partial charge in [0.2, 0.25) is 0 Å². The van der Waals surface area contributed by atoms with Gasteiger partial charge in [-0.2, -0.15) is 0 Å². The van der Waals surface area contributed by atoms with Crippen LogP contribution in [0, 0.1) is 0 Å². The SMILES string of the molecule is O=C(NCCCn1ccnc1-c1ccccc1)C(=O)NCc1cccs1. The van der Waals surface area contributed by atoms with E-state index in [9.17, 15) is 9.59 Å². The van der Waals surface area contributed by atoms with Crippen molar-refractivity contribution in [3.05, 3.63) is 65.1 Å². The highest BCUT2D eigenvalue weighted by Gasteiger charge is 2.12. The molecular formula is C19H20N4O2S. The lowest BCUT2D eigenvalue weighted by molar-refractivity contribution is -0.139. The number of thiophene rings is 1. The van der Waals surface area contributed by atoms with Crippen LogP contribution in [-0.4, -0.2) is 27.9 Å². The van der Waals surface area contributed by atoms with E-state index in [1.54, 1.807) is 17.5 Å². The Morgan fingerprint density at radius 3 is 2.62 bits per heavy atom. The van der Waals surface area contributed by atoms with Crippen molar-refractivity contribution >= 4 is 23.2 Å². The molecule has 2 N–H and O–H groups in total. The summed E-state index contributed by atoms with van der Waals surface area (Å²) >= 11 is 1.54. The average Bonchev–Trinajstić information content (AvgIpc) is 3.35. The number of nitrogens with zero attached hydrogens (tertiary/aromatic N) is 2. The Kier molecular flexibility index (Phi) is 6.16. The van der Waals surface area contributed by atoms with Crippen molar-refractivity contribution in [3.63, 3.8) is 0 Å². The van der Waals surface area contributed by atoms with Gasteiger partial charge in [-0.1, -0.05) is 36.4 Å². The maximum absolute atomic E-state index is 11.8. The van der Waals surface area contributed by atoms with Gasteiger partial charge in [0.15, 0.2) is 0 Å². The molecule has 6 nitrogen and oxygen atoms in total. The highest BCUT2D eigenvalue weighted by molar-refractivity contribution is 7.09. The molecule has 0 saturated heterocycles. The summed E-state index contributed by atoms with van der Waals surface area (Å²) in [6.07, 6.45) is 4.39. The quantitative estimate of drug-likeness (QED) is 0.497. The lowest BCUT2D eigenvalue weighted by atomic mass is 10.2. The van der Waals surface area contributed by atoms with Crippen molar-refractivity contribution in [1.82, 2.24) is 20.2 Å². The van der Waals surface area contributed by atoms with E-state index in [-0.39, 0.29) is 0 Å². The van der Waals surface area contributed by atoms with Gasteiger partial charge in [-0.3, -0.25) is 9.59 Å². The van der Waals surface area contributed by atoms with Gasteiger partial charge in [0.1, 0.15) is 5.82 Å². The van der Waals surface area contributed by atoms with Crippen LogP contribution < -0.4 is 10.6 Å². The number of carbonyl (C=O) groups is 2. The van der Waals surface area contributed by atoms with E-state index in [0.29, 0.717) is 26.1 Å². The molecule has 0 aliphatic rings. The van der Waals surface area contributed by atoms with E-state index in [4.69, 9.17) is 0 Å². The highest BCUT2D eigenvalue weighted by Crippen LogP contribution is 2.16. The van der Waals surface area contributed by atoms with E-state index >= 15 is 0 Å². The van der Waals surface area contributed by atoms with Crippen LogP contribution in [-0.2, 0) is 22.7 Å². The first-order valence-corrected chi connectivity index (χ1v) is 9.27. The lowest BCUT2D eigenvalue weighted by Crippen LogP contribution is -2.40. The van der Waals surface area contributed by atoms with E-state index in [1.807, 2.05) is 58.6 Å². The van der Waals surface area contributed by atoms with Gasteiger partial charge in [0.05, 0.1) is 6.54 Å². The van der Waals surface area contributed by atoms with Gasteiger partial charge in [-0.15, -0.1) is 11.3 Å². The van der Waals surface area contributed by atoms with Crippen LogP contribution in [0.1, 0.15) is 11.3 Å². The zero-order valence-electron chi connectivity index (χ0n) is 14.2. The minimum atomic E-state index is -0.606. The second-order valence-electron chi connectivity index (χ2n) is 5.68. The van der Waals surface area contributed by atoms with Gasteiger partial charge in [-0.25, -0.2) is 4.98 Å². The Hall–Kier alpha value is -2.93.